The lowest BCUT2D eigenvalue weighted by Crippen LogP contribution is -2.26. The molecule has 0 N–H and O–H groups in total. The van der Waals surface area contributed by atoms with Gasteiger partial charge >= 0.3 is 5.97 Å². The zero-order valence-corrected chi connectivity index (χ0v) is 18.9. The van der Waals surface area contributed by atoms with Crippen molar-refractivity contribution in [3.05, 3.63) is 70.9 Å². The first kappa shape index (κ1) is 21.8. The molecule has 0 aliphatic rings. The fraction of sp³-hybridized carbons (Fsp3) is 0.304. The van der Waals surface area contributed by atoms with Crippen LogP contribution in [-0.2, 0) is 15.4 Å². The zero-order valence-electron chi connectivity index (χ0n) is 18.1. The van der Waals surface area contributed by atoms with Gasteiger partial charge in [0.2, 0.25) is 15.7 Å². The topological polar surface area (TPSA) is 78.3 Å². The number of rotatable bonds is 4. The monoisotopic (exact) mass is 426 g/mol. The first-order valence-electron chi connectivity index (χ1n) is 9.62. The van der Waals surface area contributed by atoms with Gasteiger partial charge in [0.1, 0.15) is 0 Å². The summed E-state index contributed by atoms with van der Waals surface area (Å²) in [4.78, 5) is 12.9. The molecule has 0 unspecified atom stereocenters. The Balaban J connectivity index is 2.17. The van der Waals surface area contributed by atoms with Gasteiger partial charge in [-0.15, -0.1) is 0 Å². The van der Waals surface area contributed by atoms with Crippen molar-refractivity contribution in [3.8, 4) is 5.88 Å². The van der Waals surface area contributed by atoms with Gasteiger partial charge in [0.25, 0.3) is 0 Å². The number of benzene rings is 2. The van der Waals surface area contributed by atoms with Gasteiger partial charge in [0.15, 0.2) is 4.90 Å². The summed E-state index contributed by atoms with van der Waals surface area (Å²) in [6, 6.07) is 13.3. The Kier molecular flexibility index (Phi) is 5.60. The van der Waals surface area contributed by atoms with Gasteiger partial charge in [0.05, 0.1) is 21.7 Å². The van der Waals surface area contributed by atoms with Crippen LogP contribution in [0.25, 0.3) is 0 Å². The van der Waals surface area contributed by atoms with Gasteiger partial charge in [-0.2, -0.15) is 5.10 Å². The highest BCUT2D eigenvalue weighted by Gasteiger charge is 2.34. The molecule has 0 atom stereocenters. The Labute approximate surface area is 177 Å². The molecule has 0 spiro atoms. The summed E-state index contributed by atoms with van der Waals surface area (Å²) >= 11 is 0. The molecule has 1 aromatic heterocycles. The van der Waals surface area contributed by atoms with Crippen molar-refractivity contribution in [1.82, 2.24) is 9.78 Å². The molecule has 0 aliphatic carbocycles. The van der Waals surface area contributed by atoms with E-state index in [1.54, 1.807) is 37.3 Å². The number of carbonyl (C=O) groups is 1. The van der Waals surface area contributed by atoms with Crippen LogP contribution in [0.5, 0.6) is 5.88 Å². The number of nitrogens with zero attached hydrogens (tertiary/aromatic N) is 2. The Morgan fingerprint density at radius 1 is 0.967 bits per heavy atom. The first-order valence-corrected chi connectivity index (χ1v) is 11.1. The number of esters is 1. The van der Waals surface area contributed by atoms with E-state index in [4.69, 9.17) is 4.74 Å². The van der Waals surface area contributed by atoms with Crippen LogP contribution < -0.4 is 4.74 Å². The highest BCUT2D eigenvalue weighted by Crippen LogP contribution is 2.36. The molecular weight excluding hydrogens is 400 g/mol. The summed E-state index contributed by atoms with van der Waals surface area (Å²) in [6.07, 6.45) is 0. The molecule has 6 nitrogen and oxygen atoms in total. The summed E-state index contributed by atoms with van der Waals surface area (Å²) in [5.74, 6) is -0.708. The van der Waals surface area contributed by atoms with E-state index < -0.39 is 21.3 Å². The van der Waals surface area contributed by atoms with Crippen LogP contribution in [0.4, 0.5) is 0 Å². The van der Waals surface area contributed by atoms with Gasteiger partial charge in [-0.3, -0.25) is 0 Å². The van der Waals surface area contributed by atoms with E-state index >= 15 is 0 Å². The Hall–Kier alpha value is -2.93. The molecule has 2 aromatic carbocycles. The molecule has 7 heteroatoms. The normalized spacial score (nSPS) is 12.1. The minimum Gasteiger partial charge on any atom is -0.403 e. The average molecular weight is 427 g/mol. The predicted octanol–water partition coefficient (Wildman–Crippen LogP) is 4.62. The summed E-state index contributed by atoms with van der Waals surface area (Å²) in [6.45, 7) is 11.1. The van der Waals surface area contributed by atoms with Crippen LogP contribution in [0.3, 0.4) is 0 Å². The molecule has 0 saturated heterocycles. The smallest absolute Gasteiger partial charge is 0.344 e. The molecule has 0 fully saturated rings. The van der Waals surface area contributed by atoms with Crippen LogP contribution in [0.2, 0.25) is 0 Å². The maximum atomic E-state index is 13.4. The Bertz CT molecular complexity index is 1200. The van der Waals surface area contributed by atoms with Crippen LogP contribution >= 0.6 is 0 Å². The van der Waals surface area contributed by atoms with Gasteiger partial charge in [-0.1, -0.05) is 24.3 Å². The van der Waals surface area contributed by atoms with E-state index in [1.807, 2.05) is 40.7 Å². The van der Waals surface area contributed by atoms with Crippen LogP contribution in [0.15, 0.2) is 58.3 Å². The van der Waals surface area contributed by atoms with Crippen molar-refractivity contribution in [3.63, 3.8) is 0 Å². The van der Waals surface area contributed by atoms with Crippen LogP contribution in [-0.4, -0.2) is 24.2 Å². The second-order valence-corrected chi connectivity index (χ2v) is 10.2. The van der Waals surface area contributed by atoms with Gasteiger partial charge in [-0.05, 0) is 76.9 Å². The van der Waals surface area contributed by atoms with Crippen molar-refractivity contribution < 1.29 is 17.9 Å². The van der Waals surface area contributed by atoms with Crippen molar-refractivity contribution >= 4 is 15.8 Å². The van der Waals surface area contributed by atoms with E-state index in [9.17, 15) is 13.2 Å². The van der Waals surface area contributed by atoms with E-state index in [-0.39, 0.29) is 21.4 Å². The molecule has 0 aliphatic heterocycles. The molecule has 0 bridgehead atoms. The Morgan fingerprint density at radius 3 is 2.17 bits per heavy atom. The molecule has 0 amide bonds. The van der Waals surface area contributed by atoms with E-state index in [1.165, 1.54) is 16.8 Å². The summed E-state index contributed by atoms with van der Waals surface area (Å²) in [7, 11) is -3.94. The van der Waals surface area contributed by atoms with E-state index in [2.05, 4.69) is 5.10 Å². The maximum Gasteiger partial charge on any atom is 0.344 e. The number of hydrogen-bond acceptors (Lipinski definition) is 5. The summed E-state index contributed by atoms with van der Waals surface area (Å²) in [5.41, 5.74) is 2.02. The number of sulfone groups is 1. The van der Waals surface area contributed by atoms with Crippen molar-refractivity contribution in [2.75, 3.05) is 0 Å². The lowest BCUT2D eigenvalue weighted by Gasteiger charge is -2.22. The largest absolute Gasteiger partial charge is 0.403 e. The second kappa shape index (κ2) is 7.72. The first-order chi connectivity index (χ1) is 13.9. The fourth-order valence-corrected chi connectivity index (χ4v) is 4.62. The third-order valence-corrected chi connectivity index (χ3v) is 6.76. The zero-order chi connectivity index (χ0) is 22.3. The van der Waals surface area contributed by atoms with Gasteiger partial charge < -0.3 is 4.74 Å². The van der Waals surface area contributed by atoms with Crippen molar-refractivity contribution in [2.45, 2.75) is 56.9 Å². The Morgan fingerprint density at radius 2 is 1.60 bits per heavy atom. The molecule has 3 aromatic rings. The molecule has 158 valence electrons. The van der Waals surface area contributed by atoms with E-state index in [0.29, 0.717) is 5.56 Å². The minimum absolute atomic E-state index is 0.0768. The molecule has 0 radical (unpaired) electrons. The third kappa shape index (κ3) is 4.03. The number of aryl methyl sites for hydroxylation is 3. The van der Waals surface area contributed by atoms with Crippen LogP contribution in [0, 0.1) is 20.8 Å². The maximum absolute atomic E-state index is 13.4. The molecule has 3 rings (SSSR count). The highest BCUT2D eigenvalue weighted by molar-refractivity contribution is 7.91. The fourth-order valence-electron chi connectivity index (χ4n) is 3.08. The quantitative estimate of drug-likeness (QED) is 0.569. The molecule has 1 heterocycles. The lowest BCUT2D eigenvalue weighted by molar-refractivity contribution is 0.0703. The standard InChI is InChI=1S/C23H26N2O4S/c1-15-12-13-18(14-16(15)2)22(26)29-21-20(17(3)24-25(21)23(4,5)6)30(27,28)19-10-8-7-9-11-19/h7-14H,1-6H3. The minimum atomic E-state index is -3.94. The third-order valence-electron chi connectivity index (χ3n) is 4.85. The SMILES string of the molecule is Cc1ccc(C(=O)Oc2c(S(=O)(=O)c3ccccc3)c(C)nn2C(C)(C)C)cc1C. The van der Waals surface area contributed by atoms with E-state index in [0.717, 1.165) is 11.1 Å². The summed E-state index contributed by atoms with van der Waals surface area (Å²) < 4.78 is 33.9. The van der Waals surface area contributed by atoms with Crippen molar-refractivity contribution in [1.29, 1.82) is 0 Å². The molecule has 0 saturated carbocycles. The highest BCUT2D eigenvalue weighted by atomic mass is 32.2. The summed E-state index contributed by atoms with van der Waals surface area (Å²) in [5, 5.41) is 4.41. The number of aromatic nitrogens is 2. The number of hydrogen-bond donors (Lipinski definition) is 0. The van der Waals surface area contributed by atoms with Crippen molar-refractivity contribution in [2.24, 2.45) is 0 Å². The van der Waals surface area contributed by atoms with Gasteiger partial charge in [0, 0.05) is 0 Å². The number of carbonyl (C=O) groups excluding carboxylic acids is 1. The second-order valence-electron chi connectivity index (χ2n) is 8.31. The molecular formula is C23H26N2O4S. The average Bonchev–Trinajstić information content (AvgIpc) is 3.01. The van der Waals surface area contributed by atoms with Crippen LogP contribution in [0.1, 0.15) is 48.0 Å². The number of ether oxygens (including phenoxy) is 1. The molecule has 30 heavy (non-hydrogen) atoms. The van der Waals surface area contributed by atoms with Gasteiger partial charge in [-0.25, -0.2) is 17.9 Å². The predicted molar refractivity (Wildman–Crippen MR) is 115 cm³/mol. The lowest BCUT2D eigenvalue weighted by atomic mass is 10.1.